The molecule has 1 atom stereocenters. The number of aromatic nitrogens is 1. The third kappa shape index (κ3) is 4.31. The molecule has 2 aromatic rings. The molecule has 5 nitrogen and oxygen atoms in total. The van der Waals surface area contributed by atoms with E-state index >= 15 is 0 Å². The van der Waals surface area contributed by atoms with E-state index in [9.17, 15) is 4.79 Å². The summed E-state index contributed by atoms with van der Waals surface area (Å²) in [5, 5.41) is 6.11. The molecule has 1 aliphatic heterocycles. The Balaban J connectivity index is 1.52. The summed E-state index contributed by atoms with van der Waals surface area (Å²) in [6, 6.07) is 6.03. The Morgan fingerprint density at radius 1 is 1.48 bits per heavy atom. The summed E-state index contributed by atoms with van der Waals surface area (Å²) in [6.45, 7) is 7.35. The molecule has 25 heavy (non-hydrogen) atoms. The van der Waals surface area contributed by atoms with Gasteiger partial charge in [0.25, 0.3) is 0 Å². The number of carbonyl (C=O) groups is 1. The Labute approximate surface area is 153 Å². The fraction of sp³-hybridized carbons (Fsp3) is 0.474. The molecular weight excluding hydrogens is 334 g/mol. The number of nitrogens with zero attached hydrogens (tertiary/aromatic N) is 2. The van der Waals surface area contributed by atoms with Gasteiger partial charge in [0.2, 0.25) is 0 Å². The Kier molecular flexibility index (Phi) is 5.27. The summed E-state index contributed by atoms with van der Waals surface area (Å²) in [6.07, 6.45) is 1.17. The minimum absolute atomic E-state index is 0.0933. The first-order valence-corrected chi connectivity index (χ1v) is 9.52. The third-order valence-corrected chi connectivity index (χ3v) is 5.41. The van der Waals surface area contributed by atoms with E-state index in [4.69, 9.17) is 4.74 Å². The van der Waals surface area contributed by atoms with Crippen molar-refractivity contribution >= 4 is 17.4 Å². The summed E-state index contributed by atoms with van der Waals surface area (Å²) in [4.78, 5) is 18.6. The predicted molar refractivity (Wildman–Crippen MR) is 100 cm³/mol. The van der Waals surface area contributed by atoms with Crippen LogP contribution in [-0.2, 0) is 19.5 Å². The standard InChI is InChI=1S/C19H25N3O2S/c1-12(2)18-21-16(11-25-18)10-22(4)19(23)20-9-14-5-6-17-15(8-14)7-13(3)24-17/h5-6,8,11-13H,7,9-10H2,1-4H3,(H,20,23)/t13-/m0/s1. The second kappa shape index (κ2) is 7.44. The van der Waals surface area contributed by atoms with Crippen LogP contribution < -0.4 is 10.1 Å². The Morgan fingerprint density at radius 3 is 3.00 bits per heavy atom. The van der Waals surface area contributed by atoms with Gasteiger partial charge in [0.05, 0.1) is 17.2 Å². The maximum absolute atomic E-state index is 12.3. The number of carbonyl (C=O) groups excluding carboxylic acids is 1. The van der Waals surface area contributed by atoms with Crippen molar-refractivity contribution in [2.24, 2.45) is 0 Å². The highest BCUT2D eigenvalue weighted by molar-refractivity contribution is 7.09. The maximum Gasteiger partial charge on any atom is 0.317 e. The summed E-state index contributed by atoms with van der Waals surface area (Å²) in [7, 11) is 1.79. The molecule has 0 aliphatic carbocycles. The topological polar surface area (TPSA) is 54.5 Å². The molecule has 0 radical (unpaired) electrons. The Bertz CT molecular complexity index is 757. The van der Waals surface area contributed by atoms with E-state index in [1.165, 1.54) is 5.56 Å². The molecule has 134 valence electrons. The van der Waals surface area contributed by atoms with Crippen molar-refractivity contribution < 1.29 is 9.53 Å². The van der Waals surface area contributed by atoms with E-state index in [1.54, 1.807) is 23.3 Å². The van der Waals surface area contributed by atoms with Gasteiger partial charge in [-0.1, -0.05) is 26.0 Å². The van der Waals surface area contributed by atoms with E-state index < -0.39 is 0 Å². The minimum Gasteiger partial charge on any atom is -0.490 e. The fourth-order valence-corrected chi connectivity index (χ4v) is 3.70. The molecule has 2 heterocycles. The molecule has 2 amide bonds. The summed E-state index contributed by atoms with van der Waals surface area (Å²) in [5.41, 5.74) is 3.25. The molecule has 0 spiro atoms. The van der Waals surface area contributed by atoms with Crippen LogP contribution in [0.15, 0.2) is 23.6 Å². The molecule has 1 aromatic heterocycles. The monoisotopic (exact) mass is 359 g/mol. The van der Waals surface area contributed by atoms with Crippen molar-refractivity contribution in [3.05, 3.63) is 45.4 Å². The van der Waals surface area contributed by atoms with Gasteiger partial charge in [-0.05, 0) is 24.1 Å². The van der Waals surface area contributed by atoms with Crippen molar-refractivity contribution in [3.8, 4) is 5.75 Å². The summed E-state index contributed by atoms with van der Waals surface area (Å²) in [5.74, 6) is 1.38. The largest absolute Gasteiger partial charge is 0.490 e. The number of benzene rings is 1. The first-order valence-electron chi connectivity index (χ1n) is 8.64. The molecule has 6 heteroatoms. The molecular formula is C19H25N3O2S. The minimum atomic E-state index is -0.0933. The SMILES string of the molecule is CC(C)c1nc(CN(C)C(=O)NCc2ccc3c(c2)C[C@H](C)O3)cs1. The lowest BCUT2D eigenvalue weighted by molar-refractivity contribution is 0.206. The number of urea groups is 1. The van der Waals surface area contributed by atoms with Crippen LogP contribution in [0.25, 0.3) is 0 Å². The zero-order valence-corrected chi connectivity index (χ0v) is 16.0. The second-order valence-corrected chi connectivity index (χ2v) is 7.81. The quantitative estimate of drug-likeness (QED) is 0.880. The average molecular weight is 359 g/mol. The van der Waals surface area contributed by atoms with Crippen LogP contribution in [0.5, 0.6) is 5.75 Å². The van der Waals surface area contributed by atoms with Gasteiger partial charge >= 0.3 is 6.03 Å². The zero-order chi connectivity index (χ0) is 18.0. The van der Waals surface area contributed by atoms with Crippen LogP contribution in [0, 0.1) is 0 Å². The Morgan fingerprint density at radius 2 is 2.28 bits per heavy atom. The van der Waals surface area contributed by atoms with Gasteiger partial charge in [-0.25, -0.2) is 9.78 Å². The van der Waals surface area contributed by atoms with Crippen LogP contribution in [0.2, 0.25) is 0 Å². The predicted octanol–water partition coefficient (Wildman–Crippen LogP) is 3.93. The molecule has 3 rings (SSSR count). The van der Waals surface area contributed by atoms with Gasteiger partial charge in [0.1, 0.15) is 11.9 Å². The van der Waals surface area contributed by atoms with Gasteiger partial charge < -0.3 is 15.0 Å². The number of nitrogens with one attached hydrogen (secondary N) is 1. The molecule has 0 saturated carbocycles. The summed E-state index contributed by atoms with van der Waals surface area (Å²) < 4.78 is 5.71. The van der Waals surface area contributed by atoms with Crippen molar-refractivity contribution in [3.63, 3.8) is 0 Å². The molecule has 0 bridgehead atoms. The lowest BCUT2D eigenvalue weighted by atomic mass is 10.1. The highest BCUT2D eigenvalue weighted by atomic mass is 32.1. The van der Waals surface area contributed by atoms with Crippen molar-refractivity contribution in [1.29, 1.82) is 0 Å². The van der Waals surface area contributed by atoms with Crippen LogP contribution >= 0.6 is 11.3 Å². The van der Waals surface area contributed by atoms with E-state index in [0.717, 1.165) is 28.4 Å². The number of ether oxygens (including phenoxy) is 1. The van der Waals surface area contributed by atoms with E-state index in [1.807, 2.05) is 17.5 Å². The number of thiazole rings is 1. The molecule has 1 aromatic carbocycles. The molecule has 0 saturated heterocycles. The zero-order valence-electron chi connectivity index (χ0n) is 15.2. The highest BCUT2D eigenvalue weighted by Crippen LogP contribution is 2.29. The lowest BCUT2D eigenvalue weighted by Crippen LogP contribution is -2.36. The van der Waals surface area contributed by atoms with Crippen LogP contribution in [-0.4, -0.2) is 29.1 Å². The van der Waals surface area contributed by atoms with Gasteiger partial charge in [0, 0.05) is 31.3 Å². The number of hydrogen-bond donors (Lipinski definition) is 1. The fourth-order valence-electron chi connectivity index (χ4n) is 2.87. The normalized spacial score (nSPS) is 15.8. The first kappa shape index (κ1) is 17.7. The number of amides is 2. The smallest absolute Gasteiger partial charge is 0.317 e. The number of hydrogen-bond acceptors (Lipinski definition) is 4. The average Bonchev–Trinajstić information content (AvgIpc) is 3.17. The summed E-state index contributed by atoms with van der Waals surface area (Å²) >= 11 is 1.65. The van der Waals surface area contributed by atoms with Gasteiger partial charge in [-0.2, -0.15) is 0 Å². The lowest BCUT2D eigenvalue weighted by Gasteiger charge is -2.17. The van der Waals surface area contributed by atoms with E-state index in [0.29, 0.717) is 19.0 Å². The van der Waals surface area contributed by atoms with Crippen molar-refractivity contribution in [2.75, 3.05) is 7.05 Å². The Hall–Kier alpha value is -2.08. The van der Waals surface area contributed by atoms with Crippen LogP contribution in [0.3, 0.4) is 0 Å². The van der Waals surface area contributed by atoms with Crippen molar-refractivity contribution in [1.82, 2.24) is 15.2 Å². The number of rotatable bonds is 5. The molecule has 1 aliphatic rings. The van der Waals surface area contributed by atoms with Gasteiger partial charge in [-0.15, -0.1) is 11.3 Å². The maximum atomic E-state index is 12.3. The number of fused-ring (bicyclic) bond motifs is 1. The third-order valence-electron chi connectivity index (χ3n) is 4.21. The van der Waals surface area contributed by atoms with E-state index in [-0.39, 0.29) is 12.1 Å². The van der Waals surface area contributed by atoms with Crippen LogP contribution in [0.4, 0.5) is 4.79 Å². The first-order chi connectivity index (χ1) is 11.9. The van der Waals surface area contributed by atoms with E-state index in [2.05, 4.69) is 37.1 Å². The van der Waals surface area contributed by atoms with Gasteiger partial charge in [0.15, 0.2) is 0 Å². The molecule has 0 fully saturated rings. The van der Waals surface area contributed by atoms with Gasteiger partial charge in [-0.3, -0.25) is 0 Å². The van der Waals surface area contributed by atoms with Crippen LogP contribution in [0.1, 0.15) is 48.5 Å². The second-order valence-electron chi connectivity index (χ2n) is 6.92. The molecule has 1 N–H and O–H groups in total. The van der Waals surface area contributed by atoms with Crippen molar-refractivity contribution in [2.45, 2.75) is 52.3 Å². The molecule has 0 unspecified atom stereocenters. The highest BCUT2D eigenvalue weighted by Gasteiger charge is 2.19.